The van der Waals surface area contributed by atoms with Gasteiger partial charge in [-0.25, -0.2) is 13.8 Å². The maximum Gasteiger partial charge on any atom is 0.340 e. The molecule has 174 valence electrons. The van der Waals surface area contributed by atoms with Crippen LogP contribution in [0.4, 0.5) is 26.2 Å². The van der Waals surface area contributed by atoms with E-state index >= 15 is 0 Å². The zero-order valence-corrected chi connectivity index (χ0v) is 17.9. The Morgan fingerprint density at radius 1 is 1.06 bits per heavy atom. The first-order valence-electron chi connectivity index (χ1n) is 10.1. The Hall–Kier alpha value is -4.54. The van der Waals surface area contributed by atoms with Crippen LogP contribution in [0, 0.1) is 21.7 Å². The molecule has 4 aromatic rings. The second-order valence-corrected chi connectivity index (χ2v) is 7.12. The van der Waals surface area contributed by atoms with E-state index in [-0.39, 0.29) is 35.3 Å². The molecule has 0 saturated carbocycles. The van der Waals surface area contributed by atoms with Crippen molar-refractivity contribution in [3.05, 3.63) is 93.7 Å². The summed E-state index contributed by atoms with van der Waals surface area (Å²) < 4.78 is 37.8. The summed E-state index contributed by atoms with van der Waals surface area (Å²) in [5, 5.41) is 17.7. The van der Waals surface area contributed by atoms with E-state index in [0.29, 0.717) is 12.3 Å². The van der Waals surface area contributed by atoms with E-state index in [4.69, 9.17) is 9.15 Å². The zero-order chi connectivity index (χ0) is 24.1. The maximum atomic E-state index is 14.1. The number of hydrogen-bond acceptors (Lipinski definition) is 8. The highest BCUT2D eigenvalue weighted by Crippen LogP contribution is 2.35. The van der Waals surface area contributed by atoms with Crippen molar-refractivity contribution in [3.8, 4) is 17.2 Å². The highest BCUT2D eigenvalue weighted by molar-refractivity contribution is 5.75. The van der Waals surface area contributed by atoms with Crippen molar-refractivity contribution in [2.75, 3.05) is 17.7 Å². The van der Waals surface area contributed by atoms with Crippen LogP contribution in [0.5, 0.6) is 5.75 Å². The molecule has 0 saturated heterocycles. The highest BCUT2D eigenvalue weighted by atomic mass is 19.1. The van der Waals surface area contributed by atoms with Gasteiger partial charge in [0.2, 0.25) is 11.8 Å². The van der Waals surface area contributed by atoms with Gasteiger partial charge in [0.1, 0.15) is 17.4 Å². The number of rotatable bonds is 9. The average Bonchev–Trinajstić information content (AvgIpc) is 3.37. The van der Waals surface area contributed by atoms with Crippen LogP contribution in [0.15, 0.2) is 65.3 Å². The van der Waals surface area contributed by atoms with Crippen LogP contribution in [-0.4, -0.2) is 22.0 Å². The summed E-state index contributed by atoms with van der Waals surface area (Å²) in [5.74, 6) is -0.692. The Labute approximate surface area is 192 Å². The molecular weight excluding hydrogens is 448 g/mol. The first kappa shape index (κ1) is 22.6. The van der Waals surface area contributed by atoms with Gasteiger partial charge in [-0.2, -0.15) is 4.98 Å². The van der Waals surface area contributed by atoms with Gasteiger partial charge in [0.05, 0.1) is 18.3 Å². The molecule has 0 aliphatic heterocycles. The molecule has 0 aliphatic rings. The van der Waals surface area contributed by atoms with Crippen LogP contribution in [0.25, 0.3) is 11.5 Å². The number of furan rings is 1. The third-order valence-electron chi connectivity index (χ3n) is 4.89. The number of nitro groups is 1. The van der Waals surface area contributed by atoms with Crippen molar-refractivity contribution in [2.24, 2.45) is 0 Å². The Morgan fingerprint density at radius 3 is 2.50 bits per heavy atom. The van der Waals surface area contributed by atoms with E-state index in [1.165, 1.54) is 18.4 Å². The molecule has 0 bridgehead atoms. The van der Waals surface area contributed by atoms with Gasteiger partial charge in [-0.15, -0.1) is 0 Å². The summed E-state index contributed by atoms with van der Waals surface area (Å²) in [6, 6.07) is 13.5. The quantitative estimate of drug-likeness (QED) is 0.256. The van der Waals surface area contributed by atoms with Gasteiger partial charge >= 0.3 is 5.69 Å². The molecule has 11 heteroatoms. The van der Waals surface area contributed by atoms with Gasteiger partial charge in [0.25, 0.3) is 0 Å². The molecule has 9 nitrogen and oxygen atoms in total. The topological polar surface area (TPSA) is 115 Å². The molecule has 0 unspecified atom stereocenters. The summed E-state index contributed by atoms with van der Waals surface area (Å²) in [4.78, 5) is 19.8. The SMILES string of the molecule is COc1ccc(CNc2nc(NCc3ccc(F)cc3F)c([N+](=O)[O-])c(-c3ccco3)n2)cc1. The van der Waals surface area contributed by atoms with Crippen molar-refractivity contribution in [1.82, 2.24) is 9.97 Å². The first-order valence-corrected chi connectivity index (χ1v) is 10.1. The molecule has 0 amide bonds. The predicted octanol–water partition coefficient (Wildman–Crippen LogP) is 5.16. The number of halogens is 2. The van der Waals surface area contributed by atoms with E-state index in [9.17, 15) is 18.9 Å². The standard InChI is InChI=1S/C23H19F2N5O4/c1-33-17-8-4-14(5-9-17)12-27-23-28-20(19-3-2-10-34-19)21(30(31)32)22(29-23)26-13-15-6-7-16(24)11-18(15)25/h2-11H,12-13H2,1H3,(H2,26,27,28,29). The molecule has 0 fully saturated rings. The van der Waals surface area contributed by atoms with Crippen molar-refractivity contribution >= 4 is 17.5 Å². The van der Waals surface area contributed by atoms with E-state index in [1.807, 2.05) is 12.1 Å². The Bertz CT molecular complexity index is 1300. The Morgan fingerprint density at radius 2 is 1.85 bits per heavy atom. The van der Waals surface area contributed by atoms with Crippen molar-refractivity contribution in [3.63, 3.8) is 0 Å². The molecule has 34 heavy (non-hydrogen) atoms. The Balaban J connectivity index is 1.67. The van der Waals surface area contributed by atoms with Crippen molar-refractivity contribution in [1.29, 1.82) is 0 Å². The van der Waals surface area contributed by atoms with Crippen LogP contribution in [0.3, 0.4) is 0 Å². The number of ether oxygens (including phenoxy) is 1. The Kier molecular flexibility index (Phi) is 6.62. The summed E-state index contributed by atoms with van der Waals surface area (Å²) in [6.45, 7) is 0.158. The molecular formula is C23H19F2N5O4. The minimum atomic E-state index is -0.784. The number of benzene rings is 2. The molecule has 2 N–H and O–H groups in total. The molecule has 0 spiro atoms. The number of nitrogens with zero attached hydrogens (tertiary/aromatic N) is 3. The summed E-state index contributed by atoms with van der Waals surface area (Å²) in [5.41, 5.74) is 0.517. The predicted molar refractivity (Wildman–Crippen MR) is 120 cm³/mol. The molecule has 4 rings (SSSR count). The van der Waals surface area contributed by atoms with Crippen LogP contribution in [0.2, 0.25) is 0 Å². The fraction of sp³-hybridized carbons (Fsp3) is 0.130. The minimum Gasteiger partial charge on any atom is -0.497 e. The normalized spacial score (nSPS) is 10.7. The molecule has 2 aromatic heterocycles. The van der Waals surface area contributed by atoms with Crippen LogP contribution in [-0.2, 0) is 13.1 Å². The molecule has 2 heterocycles. The van der Waals surface area contributed by atoms with Gasteiger partial charge in [-0.1, -0.05) is 18.2 Å². The van der Waals surface area contributed by atoms with E-state index in [0.717, 1.165) is 17.7 Å². The fourth-order valence-corrected chi connectivity index (χ4v) is 3.18. The number of methoxy groups -OCH3 is 1. The van der Waals surface area contributed by atoms with Gasteiger partial charge in [0, 0.05) is 24.7 Å². The highest BCUT2D eigenvalue weighted by Gasteiger charge is 2.27. The lowest BCUT2D eigenvalue weighted by Gasteiger charge is -2.12. The van der Waals surface area contributed by atoms with Crippen LogP contribution >= 0.6 is 0 Å². The fourth-order valence-electron chi connectivity index (χ4n) is 3.18. The van der Waals surface area contributed by atoms with Crippen molar-refractivity contribution in [2.45, 2.75) is 13.1 Å². The monoisotopic (exact) mass is 467 g/mol. The lowest BCUT2D eigenvalue weighted by atomic mass is 10.2. The molecule has 0 radical (unpaired) electrons. The molecule has 0 atom stereocenters. The first-order chi connectivity index (χ1) is 16.4. The minimum absolute atomic E-state index is 0.0516. The molecule has 0 aliphatic carbocycles. The van der Waals surface area contributed by atoms with Gasteiger partial charge in [0.15, 0.2) is 11.5 Å². The van der Waals surface area contributed by atoms with Gasteiger partial charge in [-0.05, 0) is 35.9 Å². The van der Waals surface area contributed by atoms with Crippen LogP contribution in [0.1, 0.15) is 11.1 Å². The van der Waals surface area contributed by atoms with Gasteiger partial charge < -0.3 is 19.8 Å². The summed E-state index contributed by atoms with van der Waals surface area (Å²) in [7, 11) is 1.57. The van der Waals surface area contributed by atoms with Crippen LogP contribution < -0.4 is 15.4 Å². The average molecular weight is 467 g/mol. The van der Waals surface area contributed by atoms with E-state index in [1.54, 1.807) is 25.3 Å². The lowest BCUT2D eigenvalue weighted by Crippen LogP contribution is -2.11. The van der Waals surface area contributed by atoms with Gasteiger partial charge in [-0.3, -0.25) is 10.1 Å². The number of nitrogens with one attached hydrogen (secondary N) is 2. The number of hydrogen-bond donors (Lipinski definition) is 2. The van der Waals surface area contributed by atoms with Crippen molar-refractivity contribution < 1.29 is 22.9 Å². The third kappa shape index (κ3) is 5.09. The van der Waals surface area contributed by atoms with E-state index < -0.39 is 22.2 Å². The second kappa shape index (κ2) is 9.94. The number of aromatic nitrogens is 2. The maximum absolute atomic E-state index is 14.1. The largest absolute Gasteiger partial charge is 0.497 e. The molecule has 2 aromatic carbocycles. The lowest BCUT2D eigenvalue weighted by molar-refractivity contribution is -0.383. The summed E-state index contributed by atoms with van der Waals surface area (Å²) in [6.07, 6.45) is 1.37. The summed E-state index contributed by atoms with van der Waals surface area (Å²) >= 11 is 0. The third-order valence-corrected chi connectivity index (χ3v) is 4.89. The van der Waals surface area contributed by atoms with E-state index in [2.05, 4.69) is 20.6 Å². The smallest absolute Gasteiger partial charge is 0.340 e. The second-order valence-electron chi connectivity index (χ2n) is 7.12. The zero-order valence-electron chi connectivity index (χ0n) is 17.9. The number of anilines is 2.